The zero-order chi connectivity index (χ0) is 28.2. The van der Waals surface area contributed by atoms with Crippen LogP contribution in [0.3, 0.4) is 0 Å². The predicted molar refractivity (Wildman–Crippen MR) is 154 cm³/mol. The normalized spacial score (nSPS) is 12.9. The molecule has 0 unspecified atom stereocenters. The summed E-state index contributed by atoms with van der Waals surface area (Å²) in [6, 6.07) is 15.6. The minimum absolute atomic E-state index is 0.0948. The number of nitrogens with one attached hydrogen (secondary N) is 3. The Labute approximate surface area is 236 Å². The fourth-order valence-electron chi connectivity index (χ4n) is 4.97. The van der Waals surface area contributed by atoms with Crippen molar-refractivity contribution in [2.24, 2.45) is 0 Å². The largest absolute Gasteiger partial charge is 0.345 e. The maximum Gasteiger partial charge on any atom is 0.273 e. The van der Waals surface area contributed by atoms with Crippen molar-refractivity contribution in [2.75, 3.05) is 5.32 Å². The molecule has 0 spiro atoms. The number of hydrogen-bond donors (Lipinski definition) is 3. The molecule has 1 aromatic carbocycles. The molecule has 5 aromatic rings. The van der Waals surface area contributed by atoms with E-state index in [4.69, 9.17) is 0 Å². The zero-order valence-electron chi connectivity index (χ0n) is 22.8. The van der Waals surface area contributed by atoms with Crippen LogP contribution in [0.25, 0.3) is 22.2 Å². The van der Waals surface area contributed by atoms with E-state index in [2.05, 4.69) is 53.2 Å². The van der Waals surface area contributed by atoms with Gasteiger partial charge in [0.05, 0.1) is 24.1 Å². The molecule has 11 nitrogen and oxygen atoms in total. The minimum atomic E-state index is -0.277. The highest BCUT2D eigenvalue weighted by Crippen LogP contribution is 2.46. The summed E-state index contributed by atoms with van der Waals surface area (Å²) in [5.74, 6) is 0.125. The van der Waals surface area contributed by atoms with E-state index in [-0.39, 0.29) is 17.5 Å². The number of amides is 2. The molecule has 208 valence electrons. The summed E-state index contributed by atoms with van der Waals surface area (Å²) in [7, 11) is 0. The van der Waals surface area contributed by atoms with Gasteiger partial charge in [-0.15, -0.1) is 10.2 Å². The van der Waals surface area contributed by atoms with E-state index in [1.165, 1.54) is 12.6 Å². The van der Waals surface area contributed by atoms with Gasteiger partial charge in [-0.05, 0) is 73.9 Å². The van der Waals surface area contributed by atoms with Crippen molar-refractivity contribution < 1.29 is 9.59 Å². The summed E-state index contributed by atoms with van der Waals surface area (Å²) in [6.45, 7) is 2.50. The number of benzene rings is 1. The summed E-state index contributed by atoms with van der Waals surface area (Å²) >= 11 is 0. The lowest BCUT2D eigenvalue weighted by Crippen LogP contribution is -2.23. The van der Waals surface area contributed by atoms with E-state index in [0.29, 0.717) is 19.0 Å². The summed E-state index contributed by atoms with van der Waals surface area (Å²) in [5, 5.41) is 23.9. The molecule has 0 radical (unpaired) electrons. The van der Waals surface area contributed by atoms with Crippen LogP contribution in [-0.2, 0) is 24.3 Å². The number of carbonyl (C=O) groups excluding carboxylic acids is 2. The van der Waals surface area contributed by atoms with Crippen molar-refractivity contribution in [3.05, 3.63) is 83.7 Å². The van der Waals surface area contributed by atoms with E-state index >= 15 is 0 Å². The number of carbonyl (C=O) groups is 2. The first-order valence-corrected chi connectivity index (χ1v) is 13.9. The first-order valence-electron chi connectivity index (χ1n) is 13.9. The standard InChI is InChI=1S/C30H31N9O2/c1-19(40)33-22-10-6-7-21(15-22)27-25-16-23(35-37-29(25)34-28(27)20-11-12-20)8-3-5-14-39-18-26(36-38-39)30(41)32-17-24-9-2-4-13-31-24/h2,4,6-7,9-10,13,15-16,18,20H,3,5,8,11-12,14,17H2,1H3,(H,32,41)(H,33,40)(H,34,37). The summed E-state index contributed by atoms with van der Waals surface area (Å²) < 4.78 is 1.69. The molecule has 1 fully saturated rings. The number of fused-ring (bicyclic) bond motifs is 1. The van der Waals surface area contributed by atoms with Crippen LogP contribution in [0, 0.1) is 0 Å². The number of aromatic nitrogens is 7. The molecule has 6 rings (SSSR count). The molecule has 1 aliphatic rings. The third-order valence-electron chi connectivity index (χ3n) is 7.09. The maximum atomic E-state index is 12.4. The van der Waals surface area contributed by atoms with Gasteiger partial charge < -0.3 is 15.6 Å². The number of hydrogen-bond acceptors (Lipinski definition) is 7. The van der Waals surface area contributed by atoms with Gasteiger partial charge in [-0.25, -0.2) is 0 Å². The number of pyridine rings is 1. The second kappa shape index (κ2) is 11.7. The first kappa shape index (κ1) is 26.3. The second-order valence-electron chi connectivity index (χ2n) is 10.4. The van der Waals surface area contributed by atoms with Crippen LogP contribution < -0.4 is 10.6 Å². The predicted octanol–water partition coefficient (Wildman–Crippen LogP) is 4.40. The highest BCUT2D eigenvalue weighted by atomic mass is 16.2. The summed E-state index contributed by atoms with van der Waals surface area (Å²) in [5.41, 5.74) is 6.93. The Morgan fingerprint density at radius 3 is 2.73 bits per heavy atom. The molecule has 3 N–H and O–H groups in total. The molecule has 1 aliphatic carbocycles. The van der Waals surface area contributed by atoms with Gasteiger partial charge in [0, 0.05) is 42.0 Å². The van der Waals surface area contributed by atoms with Gasteiger partial charge in [0.25, 0.3) is 5.91 Å². The quantitative estimate of drug-likeness (QED) is 0.207. The van der Waals surface area contributed by atoms with Gasteiger partial charge in [0.1, 0.15) is 0 Å². The third-order valence-corrected chi connectivity index (χ3v) is 7.09. The van der Waals surface area contributed by atoms with Crippen LogP contribution in [0.1, 0.15) is 66.1 Å². The fraction of sp³-hybridized carbons (Fsp3) is 0.300. The van der Waals surface area contributed by atoms with E-state index in [1.54, 1.807) is 17.1 Å². The third kappa shape index (κ3) is 6.29. The first-order chi connectivity index (χ1) is 20.0. The Morgan fingerprint density at radius 2 is 1.93 bits per heavy atom. The lowest BCUT2D eigenvalue weighted by Gasteiger charge is -2.08. The molecule has 11 heteroatoms. The van der Waals surface area contributed by atoms with Crippen molar-refractivity contribution in [2.45, 2.75) is 58.0 Å². The summed E-state index contributed by atoms with van der Waals surface area (Å²) in [6.07, 6.45) is 8.17. The molecule has 0 aliphatic heterocycles. The molecule has 41 heavy (non-hydrogen) atoms. The number of unbranched alkanes of at least 4 members (excludes halogenated alkanes) is 1. The van der Waals surface area contributed by atoms with Crippen molar-refractivity contribution in [1.29, 1.82) is 0 Å². The SMILES string of the molecule is CC(=O)Nc1cccc(-c2c(C3CC3)[nH]c3nnc(CCCCn4cc(C(=O)NCc5ccccn5)nn4)cc23)c1. The Bertz CT molecular complexity index is 1690. The van der Waals surface area contributed by atoms with Gasteiger partial charge in [-0.3, -0.25) is 19.3 Å². The second-order valence-corrected chi connectivity index (χ2v) is 10.4. The topological polar surface area (TPSA) is 143 Å². The average molecular weight is 550 g/mol. The Kier molecular flexibility index (Phi) is 7.48. The minimum Gasteiger partial charge on any atom is -0.345 e. The number of aromatic amines is 1. The summed E-state index contributed by atoms with van der Waals surface area (Å²) in [4.78, 5) is 31.7. The fourth-order valence-corrected chi connectivity index (χ4v) is 4.97. The Hall–Kier alpha value is -4.93. The van der Waals surface area contributed by atoms with Crippen LogP contribution in [-0.4, -0.2) is 47.0 Å². The lowest BCUT2D eigenvalue weighted by atomic mass is 9.99. The number of H-pyrrole nitrogens is 1. The van der Waals surface area contributed by atoms with Crippen molar-refractivity contribution in [3.8, 4) is 11.1 Å². The highest BCUT2D eigenvalue weighted by molar-refractivity contribution is 5.97. The molecule has 4 heterocycles. The monoisotopic (exact) mass is 549 g/mol. The zero-order valence-corrected chi connectivity index (χ0v) is 22.8. The average Bonchev–Trinajstić information content (AvgIpc) is 3.59. The molecule has 0 bridgehead atoms. The van der Waals surface area contributed by atoms with E-state index in [9.17, 15) is 9.59 Å². The van der Waals surface area contributed by atoms with Crippen LogP contribution in [0.4, 0.5) is 5.69 Å². The number of nitrogens with zero attached hydrogens (tertiary/aromatic N) is 6. The van der Waals surface area contributed by atoms with Gasteiger partial charge >= 0.3 is 0 Å². The van der Waals surface area contributed by atoms with Gasteiger partial charge in [0.2, 0.25) is 5.91 Å². The molecular formula is C30H31N9O2. The van der Waals surface area contributed by atoms with E-state index in [1.807, 2.05) is 36.4 Å². The maximum absolute atomic E-state index is 12.4. The van der Waals surface area contributed by atoms with E-state index < -0.39 is 0 Å². The van der Waals surface area contributed by atoms with Crippen LogP contribution in [0.2, 0.25) is 0 Å². The van der Waals surface area contributed by atoms with Gasteiger partial charge in [0.15, 0.2) is 11.3 Å². The van der Waals surface area contributed by atoms with Crippen molar-refractivity contribution in [3.63, 3.8) is 0 Å². The molecule has 0 saturated heterocycles. The van der Waals surface area contributed by atoms with E-state index in [0.717, 1.165) is 71.3 Å². The number of aryl methyl sites for hydroxylation is 2. The van der Waals surface area contributed by atoms with Crippen LogP contribution in [0.5, 0.6) is 0 Å². The molecular weight excluding hydrogens is 518 g/mol. The van der Waals surface area contributed by atoms with Gasteiger partial charge in [-0.2, -0.15) is 5.10 Å². The van der Waals surface area contributed by atoms with Crippen LogP contribution >= 0.6 is 0 Å². The lowest BCUT2D eigenvalue weighted by molar-refractivity contribution is -0.114. The van der Waals surface area contributed by atoms with Crippen LogP contribution in [0.15, 0.2) is 60.9 Å². The molecule has 0 atom stereocenters. The Balaban J connectivity index is 1.09. The number of rotatable bonds is 11. The molecule has 4 aromatic heterocycles. The number of anilines is 1. The van der Waals surface area contributed by atoms with Crippen molar-refractivity contribution >= 4 is 28.5 Å². The molecule has 2 amide bonds. The van der Waals surface area contributed by atoms with Gasteiger partial charge in [-0.1, -0.05) is 23.4 Å². The highest BCUT2D eigenvalue weighted by Gasteiger charge is 2.30. The Morgan fingerprint density at radius 1 is 1.02 bits per heavy atom. The van der Waals surface area contributed by atoms with Crippen molar-refractivity contribution in [1.82, 2.24) is 40.5 Å². The smallest absolute Gasteiger partial charge is 0.273 e. The molecule has 1 saturated carbocycles.